The Hall–Kier alpha value is -2.92. The van der Waals surface area contributed by atoms with Gasteiger partial charge in [-0.2, -0.15) is 17.5 Å². The maximum Gasteiger partial charge on any atom is 0.416 e. The van der Waals surface area contributed by atoms with E-state index >= 15 is 0 Å². The molecule has 176 valence electrons. The topological polar surface area (TPSA) is 75.5 Å². The third-order valence-electron chi connectivity index (χ3n) is 5.75. The van der Waals surface area contributed by atoms with Crippen molar-refractivity contribution in [2.75, 3.05) is 26.2 Å². The summed E-state index contributed by atoms with van der Waals surface area (Å²) in [6.07, 6.45) is -3.87. The molecule has 0 spiro atoms. The predicted molar refractivity (Wildman–Crippen MR) is 116 cm³/mol. The summed E-state index contributed by atoms with van der Waals surface area (Å²) in [5, 5.41) is 0. The number of carbonyl (C=O) groups excluding carboxylic acids is 1. The van der Waals surface area contributed by atoms with E-state index in [1.54, 1.807) is 4.90 Å². The number of sulfonamides is 1. The number of carbonyl (C=O) groups is 1. The molecule has 1 amide bonds. The van der Waals surface area contributed by atoms with E-state index in [1.165, 1.54) is 4.31 Å². The standard InChI is InChI=1S/C22H23F3N4O3S/c1-2-20-26-18-5-3-4-6-19(18)29(20)15-21(30)27-11-13-28(14-12-27)33(31,32)17-9-7-16(8-10-17)22(23,24)25/h3-10H,2,11-15H2,1H3. The largest absolute Gasteiger partial charge is 0.416 e. The molecule has 1 aromatic heterocycles. The fraction of sp³-hybridized carbons (Fsp3) is 0.364. The number of amides is 1. The Morgan fingerprint density at radius 3 is 2.24 bits per heavy atom. The highest BCUT2D eigenvalue weighted by Crippen LogP contribution is 2.30. The smallest absolute Gasteiger partial charge is 0.339 e. The van der Waals surface area contributed by atoms with Crippen molar-refractivity contribution in [3.63, 3.8) is 0 Å². The highest BCUT2D eigenvalue weighted by atomic mass is 32.2. The molecule has 0 N–H and O–H groups in total. The number of aryl methyl sites for hydroxylation is 1. The van der Waals surface area contributed by atoms with E-state index in [9.17, 15) is 26.4 Å². The van der Waals surface area contributed by atoms with Gasteiger partial charge >= 0.3 is 6.18 Å². The molecule has 0 bridgehead atoms. The van der Waals surface area contributed by atoms with Gasteiger partial charge in [-0.3, -0.25) is 4.79 Å². The number of hydrogen-bond donors (Lipinski definition) is 0. The van der Waals surface area contributed by atoms with Gasteiger partial charge in [0.05, 0.1) is 21.5 Å². The summed E-state index contributed by atoms with van der Waals surface area (Å²) >= 11 is 0. The van der Waals surface area contributed by atoms with Crippen LogP contribution in [0.2, 0.25) is 0 Å². The Labute approximate surface area is 189 Å². The number of rotatable bonds is 5. The van der Waals surface area contributed by atoms with Crippen LogP contribution in [0.25, 0.3) is 11.0 Å². The van der Waals surface area contributed by atoms with Crippen molar-refractivity contribution in [2.24, 2.45) is 0 Å². The molecule has 0 aliphatic carbocycles. The lowest BCUT2D eigenvalue weighted by Crippen LogP contribution is -2.51. The molecule has 3 aromatic rings. The zero-order chi connectivity index (χ0) is 23.8. The van der Waals surface area contributed by atoms with Crippen LogP contribution in [-0.4, -0.2) is 59.3 Å². The number of halogens is 3. The average Bonchev–Trinajstić information content (AvgIpc) is 3.16. The molecule has 1 aliphatic rings. The molecule has 1 fully saturated rings. The first kappa shape index (κ1) is 23.2. The zero-order valence-corrected chi connectivity index (χ0v) is 18.7. The van der Waals surface area contributed by atoms with Gasteiger partial charge < -0.3 is 9.47 Å². The fourth-order valence-corrected chi connectivity index (χ4v) is 5.37. The minimum absolute atomic E-state index is 0.0698. The summed E-state index contributed by atoms with van der Waals surface area (Å²) in [5.41, 5.74) is 0.774. The quantitative estimate of drug-likeness (QED) is 0.562. The van der Waals surface area contributed by atoms with Crippen LogP contribution in [0, 0.1) is 0 Å². The van der Waals surface area contributed by atoms with Crippen LogP contribution in [0.1, 0.15) is 18.3 Å². The first-order chi connectivity index (χ1) is 15.6. The second-order valence-corrected chi connectivity index (χ2v) is 9.70. The molecule has 2 aromatic carbocycles. The molecule has 1 saturated heterocycles. The Balaban J connectivity index is 1.43. The number of imidazole rings is 1. The van der Waals surface area contributed by atoms with E-state index in [-0.39, 0.29) is 43.5 Å². The second-order valence-electron chi connectivity index (χ2n) is 7.76. The van der Waals surface area contributed by atoms with Gasteiger partial charge in [0, 0.05) is 32.6 Å². The highest BCUT2D eigenvalue weighted by Gasteiger charge is 2.33. The van der Waals surface area contributed by atoms with Gasteiger partial charge in [0.15, 0.2) is 0 Å². The Kier molecular flexibility index (Phi) is 6.19. The molecule has 4 rings (SSSR count). The molecule has 7 nitrogen and oxygen atoms in total. The first-order valence-corrected chi connectivity index (χ1v) is 11.9. The molecule has 2 heterocycles. The van der Waals surface area contributed by atoms with Gasteiger partial charge in [-0.05, 0) is 36.4 Å². The van der Waals surface area contributed by atoms with Gasteiger partial charge in [-0.1, -0.05) is 19.1 Å². The number of piperazine rings is 1. The lowest BCUT2D eigenvalue weighted by atomic mass is 10.2. The number of para-hydroxylation sites is 2. The summed E-state index contributed by atoms with van der Waals surface area (Å²) < 4.78 is 67.0. The summed E-state index contributed by atoms with van der Waals surface area (Å²) in [6, 6.07) is 11.0. The lowest BCUT2D eigenvalue weighted by Gasteiger charge is -2.34. The summed E-state index contributed by atoms with van der Waals surface area (Å²) in [6.45, 7) is 2.61. The molecule has 0 unspecified atom stereocenters. The molecule has 11 heteroatoms. The number of aromatic nitrogens is 2. The molecule has 0 radical (unpaired) electrons. The molecular weight excluding hydrogens is 457 g/mol. The van der Waals surface area contributed by atoms with Gasteiger partial charge in [0.2, 0.25) is 15.9 Å². The maximum atomic E-state index is 12.9. The molecule has 33 heavy (non-hydrogen) atoms. The van der Waals surface area contributed by atoms with Crippen molar-refractivity contribution in [3.05, 3.63) is 59.9 Å². The van der Waals surface area contributed by atoms with Crippen molar-refractivity contribution in [3.8, 4) is 0 Å². The second kappa shape index (κ2) is 8.79. The average molecular weight is 481 g/mol. The number of hydrogen-bond acceptors (Lipinski definition) is 4. The van der Waals surface area contributed by atoms with Crippen LogP contribution >= 0.6 is 0 Å². The van der Waals surface area contributed by atoms with Crippen LogP contribution in [0.15, 0.2) is 53.4 Å². The van der Waals surface area contributed by atoms with E-state index in [0.29, 0.717) is 6.42 Å². The Morgan fingerprint density at radius 1 is 1.00 bits per heavy atom. The molecular formula is C22H23F3N4O3S. The van der Waals surface area contributed by atoms with E-state index in [4.69, 9.17) is 0 Å². The molecule has 0 saturated carbocycles. The van der Waals surface area contributed by atoms with E-state index in [1.807, 2.05) is 35.8 Å². The number of alkyl halides is 3. The fourth-order valence-electron chi connectivity index (χ4n) is 3.95. The summed E-state index contributed by atoms with van der Waals surface area (Å²) in [7, 11) is -3.95. The van der Waals surface area contributed by atoms with Crippen LogP contribution in [0.5, 0.6) is 0 Å². The maximum absolute atomic E-state index is 12.9. The van der Waals surface area contributed by atoms with Crippen molar-refractivity contribution in [1.29, 1.82) is 0 Å². The first-order valence-electron chi connectivity index (χ1n) is 10.5. The van der Waals surface area contributed by atoms with Crippen LogP contribution < -0.4 is 0 Å². The normalized spacial score (nSPS) is 15.8. The Morgan fingerprint density at radius 2 is 1.64 bits per heavy atom. The number of fused-ring (bicyclic) bond motifs is 1. The third kappa shape index (κ3) is 4.60. The molecule has 1 aliphatic heterocycles. The van der Waals surface area contributed by atoms with E-state index in [0.717, 1.165) is 41.1 Å². The van der Waals surface area contributed by atoms with E-state index < -0.39 is 21.8 Å². The lowest BCUT2D eigenvalue weighted by molar-refractivity contribution is -0.137. The zero-order valence-electron chi connectivity index (χ0n) is 17.9. The predicted octanol–water partition coefficient (Wildman–Crippen LogP) is 3.15. The van der Waals surface area contributed by atoms with Gasteiger partial charge in [0.1, 0.15) is 12.4 Å². The van der Waals surface area contributed by atoms with Crippen molar-refractivity contribution >= 4 is 27.0 Å². The molecule has 0 atom stereocenters. The van der Waals surface area contributed by atoms with Crippen molar-refractivity contribution in [2.45, 2.75) is 31.0 Å². The van der Waals surface area contributed by atoms with Crippen LogP contribution in [-0.2, 0) is 34.0 Å². The number of nitrogens with zero attached hydrogens (tertiary/aromatic N) is 4. The van der Waals surface area contributed by atoms with Crippen LogP contribution in [0.3, 0.4) is 0 Å². The number of benzene rings is 2. The Bertz CT molecular complexity index is 1260. The van der Waals surface area contributed by atoms with E-state index in [2.05, 4.69) is 4.98 Å². The third-order valence-corrected chi connectivity index (χ3v) is 7.67. The van der Waals surface area contributed by atoms with Crippen molar-refractivity contribution < 1.29 is 26.4 Å². The van der Waals surface area contributed by atoms with Crippen LogP contribution in [0.4, 0.5) is 13.2 Å². The van der Waals surface area contributed by atoms with Gasteiger partial charge in [-0.15, -0.1) is 0 Å². The highest BCUT2D eigenvalue weighted by molar-refractivity contribution is 7.89. The van der Waals surface area contributed by atoms with Crippen molar-refractivity contribution in [1.82, 2.24) is 18.8 Å². The summed E-state index contributed by atoms with van der Waals surface area (Å²) in [5.74, 6) is 0.660. The minimum atomic E-state index is -4.54. The summed E-state index contributed by atoms with van der Waals surface area (Å²) in [4.78, 5) is 18.9. The SMILES string of the molecule is CCc1nc2ccccc2n1CC(=O)N1CCN(S(=O)(=O)c2ccc(C(F)(F)F)cc2)CC1. The minimum Gasteiger partial charge on any atom is -0.339 e. The van der Waals surface area contributed by atoms with Gasteiger partial charge in [0.25, 0.3) is 0 Å². The van der Waals surface area contributed by atoms with Gasteiger partial charge in [-0.25, -0.2) is 13.4 Å². The monoisotopic (exact) mass is 480 g/mol.